The van der Waals surface area contributed by atoms with Crippen LogP contribution in [0.25, 0.3) is 0 Å². The Morgan fingerprint density at radius 2 is 2.25 bits per heavy atom. The van der Waals surface area contributed by atoms with E-state index in [9.17, 15) is 4.79 Å². The molecule has 16 heavy (non-hydrogen) atoms. The number of halogens is 1. The summed E-state index contributed by atoms with van der Waals surface area (Å²) < 4.78 is 0.742. The van der Waals surface area contributed by atoms with Crippen molar-refractivity contribution < 1.29 is 4.79 Å². The third-order valence-corrected chi connectivity index (χ3v) is 2.63. The number of nitrogens with one attached hydrogen (secondary N) is 1. The molecule has 6 heteroatoms. The Bertz CT molecular complexity index is 394. The van der Waals surface area contributed by atoms with Crippen LogP contribution in [0, 0.1) is 0 Å². The van der Waals surface area contributed by atoms with E-state index in [0.29, 0.717) is 11.5 Å². The van der Waals surface area contributed by atoms with Gasteiger partial charge in [-0.05, 0) is 28.9 Å². The summed E-state index contributed by atoms with van der Waals surface area (Å²) in [5.41, 5.74) is 6.14. The van der Waals surface area contributed by atoms with Gasteiger partial charge in [0.25, 0.3) is 0 Å². The Morgan fingerprint density at radius 3 is 2.75 bits per heavy atom. The lowest BCUT2D eigenvalue weighted by Gasteiger charge is -2.19. The van der Waals surface area contributed by atoms with Gasteiger partial charge in [-0.1, -0.05) is 0 Å². The highest BCUT2D eigenvalue weighted by atomic mass is 79.9. The van der Waals surface area contributed by atoms with Gasteiger partial charge >= 0.3 is 0 Å². The van der Waals surface area contributed by atoms with E-state index < -0.39 is 0 Å². The molecule has 0 aliphatic heterocycles. The van der Waals surface area contributed by atoms with Gasteiger partial charge in [-0.2, -0.15) is 0 Å². The zero-order valence-electron chi connectivity index (χ0n) is 9.49. The standard InChI is InChI=1S/C10H15BrN4O/c1-6(10(16)15(2)3)14-9-8(11)4-7(12)5-13-9/h4-6H,12H2,1-3H3,(H,13,14). The number of likely N-dealkylation sites (N-methyl/N-ethyl adjacent to an activating group) is 1. The van der Waals surface area contributed by atoms with Crippen molar-refractivity contribution in [2.75, 3.05) is 25.1 Å². The first-order valence-corrected chi connectivity index (χ1v) is 5.60. The highest BCUT2D eigenvalue weighted by molar-refractivity contribution is 9.10. The van der Waals surface area contributed by atoms with Gasteiger partial charge in [0.05, 0.1) is 16.4 Å². The zero-order chi connectivity index (χ0) is 12.3. The minimum atomic E-state index is -0.331. The average molecular weight is 287 g/mol. The molecule has 0 spiro atoms. The van der Waals surface area contributed by atoms with Crippen LogP contribution in [0.1, 0.15) is 6.92 Å². The molecular weight excluding hydrogens is 272 g/mol. The Morgan fingerprint density at radius 1 is 1.62 bits per heavy atom. The second-order valence-electron chi connectivity index (χ2n) is 3.70. The molecule has 0 saturated carbocycles. The highest BCUT2D eigenvalue weighted by Crippen LogP contribution is 2.22. The molecule has 1 amide bonds. The van der Waals surface area contributed by atoms with Gasteiger partial charge in [0.2, 0.25) is 5.91 Å². The van der Waals surface area contributed by atoms with Crippen molar-refractivity contribution in [3.8, 4) is 0 Å². The van der Waals surface area contributed by atoms with Crippen LogP contribution in [-0.2, 0) is 4.79 Å². The van der Waals surface area contributed by atoms with Crippen LogP contribution >= 0.6 is 15.9 Å². The normalized spacial score (nSPS) is 12.0. The van der Waals surface area contributed by atoms with E-state index in [1.807, 2.05) is 0 Å². The van der Waals surface area contributed by atoms with Crippen LogP contribution in [0.5, 0.6) is 0 Å². The minimum absolute atomic E-state index is 0.00877. The third kappa shape index (κ3) is 3.10. The van der Waals surface area contributed by atoms with Gasteiger partial charge in [0, 0.05) is 14.1 Å². The van der Waals surface area contributed by atoms with Crippen molar-refractivity contribution in [3.63, 3.8) is 0 Å². The molecule has 0 aliphatic rings. The highest BCUT2D eigenvalue weighted by Gasteiger charge is 2.15. The van der Waals surface area contributed by atoms with Crippen LogP contribution in [0.2, 0.25) is 0 Å². The molecule has 0 radical (unpaired) electrons. The Balaban J connectivity index is 2.77. The molecule has 1 unspecified atom stereocenters. The van der Waals surface area contributed by atoms with E-state index in [1.54, 1.807) is 33.3 Å². The van der Waals surface area contributed by atoms with Gasteiger partial charge in [0.15, 0.2) is 0 Å². The third-order valence-electron chi connectivity index (χ3n) is 2.03. The Kier molecular flexibility index (Phi) is 4.12. The van der Waals surface area contributed by atoms with E-state index in [2.05, 4.69) is 26.2 Å². The number of anilines is 2. The van der Waals surface area contributed by atoms with Gasteiger partial charge in [-0.25, -0.2) is 4.98 Å². The van der Waals surface area contributed by atoms with Gasteiger partial charge in [-0.15, -0.1) is 0 Å². The molecular formula is C10H15BrN4O. The first kappa shape index (κ1) is 12.8. The number of nitrogen functional groups attached to an aromatic ring is 1. The van der Waals surface area contributed by atoms with Crippen LogP contribution < -0.4 is 11.1 Å². The quantitative estimate of drug-likeness (QED) is 0.879. The summed E-state index contributed by atoms with van der Waals surface area (Å²) >= 11 is 3.33. The van der Waals surface area contributed by atoms with Crippen molar-refractivity contribution in [2.45, 2.75) is 13.0 Å². The van der Waals surface area contributed by atoms with Gasteiger partial charge < -0.3 is 16.0 Å². The summed E-state index contributed by atoms with van der Waals surface area (Å²) in [4.78, 5) is 17.3. The van der Waals surface area contributed by atoms with Crippen LogP contribution in [0.15, 0.2) is 16.7 Å². The maximum atomic E-state index is 11.6. The number of nitrogens with two attached hydrogens (primary N) is 1. The van der Waals surface area contributed by atoms with Crippen LogP contribution in [0.4, 0.5) is 11.5 Å². The first-order valence-electron chi connectivity index (χ1n) is 4.80. The smallest absolute Gasteiger partial charge is 0.244 e. The second-order valence-corrected chi connectivity index (χ2v) is 4.55. The average Bonchev–Trinajstić information content (AvgIpc) is 2.20. The van der Waals surface area contributed by atoms with E-state index in [4.69, 9.17) is 5.73 Å². The zero-order valence-corrected chi connectivity index (χ0v) is 11.1. The molecule has 0 saturated heterocycles. The molecule has 1 aromatic rings. The Labute approximate surface area is 103 Å². The second kappa shape index (κ2) is 5.16. The van der Waals surface area contributed by atoms with E-state index in [1.165, 1.54) is 4.90 Å². The summed E-state index contributed by atoms with van der Waals surface area (Å²) in [5.74, 6) is 0.599. The van der Waals surface area contributed by atoms with E-state index in [-0.39, 0.29) is 11.9 Å². The van der Waals surface area contributed by atoms with Crippen molar-refractivity contribution in [1.29, 1.82) is 0 Å². The van der Waals surface area contributed by atoms with Crippen molar-refractivity contribution in [1.82, 2.24) is 9.88 Å². The summed E-state index contributed by atoms with van der Waals surface area (Å²) in [7, 11) is 3.43. The number of aromatic nitrogens is 1. The number of nitrogens with zero attached hydrogens (tertiary/aromatic N) is 2. The van der Waals surface area contributed by atoms with E-state index >= 15 is 0 Å². The molecule has 0 bridgehead atoms. The first-order chi connectivity index (χ1) is 7.41. The predicted octanol–water partition coefficient (Wildman–Crippen LogP) is 1.31. The molecule has 0 aromatic carbocycles. The molecule has 0 aliphatic carbocycles. The fraction of sp³-hybridized carbons (Fsp3) is 0.400. The van der Waals surface area contributed by atoms with Crippen molar-refractivity contribution in [3.05, 3.63) is 16.7 Å². The summed E-state index contributed by atoms with van der Waals surface area (Å²) in [6.07, 6.45) is 1.54. The fourth-order valence-electron chi connectivity index (χ4n) is 1.21. The van der Waals surface area contributed by atoms with Crippen LogP contribution in [-0.4, -0.2) is 35.9 Å². The molecule has 1 atom stereocenters. The maximum absolute atomic E-state index is 11.6. The minimum Gasteiger partial charge on any atom is -0.397 e. The fourth-order valence-corrected chi connectivity index (χ4v) is 1.69. The molecule has 1 rings (SSSR count). The lowest BCUT2D eigenvalue weighted by Crippen LogP contribution is -2.36. The van der Waals surface area contributed by atoms with Gasteiger partial charge in [-0.3, -0.25) is 4.79 Å². The summed E-state index contributed by atoms with van der Waals surface area (Å²) in [5, 5.41) is 3.01. The lowest BCUT2D eigenvalue weighted by atomic mass is 10.3. The number of hydrogen-bond donors (Lipinski definition) is 2. The maximum Gasteiger partial charge on any atom is 0.244 e. The largest absolute Gasteiger partial charge is 0.397 e. The SMILES string of the molecule is CC(Nc1ncc(N)cc1Br)C(=O)N(C)C. The topological polar surface area (TPSA) is 71.2 Å². The molecule has 0 fully saturated rings. The molecule has 1 heterocycles. The predicted molar refractivity (Wildman–Crippen MR) is 68.1 cm³/mol. The molecule has 5 nitrogen and oxygen atoms in total. The lowest BCUT2D eigenvalue weighted by molar-refractivity contribution is -0.129. The summed E-state index contributed by atoms with van der Waals surface area (Å²) in [6.45, 7) is 1.78. The van der Waals surface area contributed by atoms with Gasteiger partial charge in [0.1, 0.15) is 11.9 Å². The number of rotatable bonds is 3. The van der Waals surface area contributed by atoms with Crippen molar-refractivity contribution >= 4 is 33.3 Å². The number of hydrogen-bond acceptors (Lipinski definition) is 4. The van der Waals surface area contributed by atoms with E-state index in [0.717, 1.165) is 4.47 Å². The number of carbonyl (C=O) groups excluding carboxylic acids is 1. The Hall–Kier alpha value is -1.30. The number of carbonyl (C=O) groups is 1. The number of amides is 1. The molecule has 88 valence electrons. The van der Waals surface area contributed by atoms with Crippen LogP contribution in [0.3, 0.4) is 0 Å². The molecule has 1 aromatic heterocycles. The number of pyridine rings is 1. The van der Waals surface area contributed by atoms with Crippen molar-refractivity contribution in [2.24, 2.45) is 0 Å². The monoisotopic (exact) mass is 286 g/mol. The summed E-state index contributed by atoms with van der Waals surface area (Å²) in [6, 6.07) is 1.41. The molecule has 3 N–H and O–H groups in total.